The lowest BCUT2D eigenvalue weighted by Crippen LogP contribution is -2.50. The average Bonchev–Trinajstić information content (AvgIpc) is 3.38. The molecule has 1 aromatic heterocycles. The molecule has 0 aliphatic carbocycles. The highest BCUT2D eigenvalue weighted by atomic mass is 19.4. The maximum absolute atomic E-state index is 13.1. The van der Waals surface area contributed by atoms with Crippen molar-refractivity contribution >= 4 is 11.7 Å². The predicted molar refractivity (Wildman–Crippen MR) is 146 cm³/mol. The Kier molecular flexibility index (Phi) is 7.70. The Balaban J connectivity index is 1.35. The number of alkyl halides is 3. The van der Waals surface area contributed by atoms with Crippen molar-refractivity contribution in [2.45, 2.75) is 31.6 Å². The van der Waals surface area contributed by atoms with Crippen LogP contribution in [0.5, 0.6) is 0 Å². The van der Waals surface area contributed by atoms with Crippen molar-refractivity contribution in [2.75, 3.05) is 25.0 Å². The number of aromatic amines is 1. The van der Waals surface area contributed by atoms with Crippen molar-refractivity contribution in [3.8, 4) is 22.6 Å². The minimum absolute atomic E-state index is 0.0710. The lowest BCUT2D eigenvalue weighted by Gasteiger charge is -2.38. The molecule has 3 aromatic carbocycles. The van der Waals surface area contributed by atoms with Crippen LogP contribution in [0.1, 0.15) is 24.1 Å². The van der Waals surface area contributed by atoms with Crippen LogP contribution in [0.4, 0.5) is 23.7 Å². The van der Waals surface area contributed by atoms with Gasteiger partial charge in [0.1, 0.15) is 5.82 Å². The zero-order valence-corrected chi connectivity index (χ0v) is 21.6. The van der Waals surface area contributed by atoms with E-state index in [1.54, 1.807) is 7.05 Å². The molecule has 6 nitrogen and oxygen atoms in total. The van der Waals surface area contributed by atoms with Crippen molar-refractivity contribution in [2.24, 2.45) is 0 Å². The third kappa shape index (κ3) is 5.98. The number of H-pyrrole nitrogens is 1. The number of rotatable bonds is 6. The molecular formula is C30H30F3N5O. The summed E-state index contributed by atoms with van der Waals surface area (Å²) < 4.78 is 39.2. The third-order valence-corrected chi connectivity index (χ3v) is 7.08. The van der Waals surface area contributed by atoms with E-state index in [-0.39, 0.29) is 12.1 Å². The summed E-state index contributed by atoms with van der Waals surface area (Å²) in [7, 11) is 1.64. The monoisotopic (exact) mass is 533 g/mol. The molecule has 0 saturated carbocycles. The zero-order valence-electron chi connectivity index (χ0n) is 21.6. The molecule has 1 aliphatic heterocycles. The predicted octanol–water partition coefficient (Wildman–Crippen LogP) is 6.57. The van der Waals surface area contributed by atoms with Crippen molar-refractivity contribution in [1.29, 1.82) is 0 Å². The first-order chi connectivity index (χ1) is 18.8. The minimum atomic E-state index is -4.39. The number of hydrogen-bond acceptors (Lipinski definition) is 3. The topological polar surface area (TPSA) is 64.3 Å². The standard InChI is InChI=1S/C30H30F3N5O/c1-34-29(39)38(24-10-6-3-7-11-24)25-16-18-37(19-17-25)20-26-27(21-8-4-2-5-9-21)36-28(35-26)22-12-14-23(15-13-22)30(31,32)33/h2-15,25H,16-20H2,1H3,(H,34,39)(H,35,36). The van der Waals surface area contributed by atoms with Crippen LogP contribution in [-0.4, -0.2) is 47.1 Å². The van der Waals surface area contributed by atoms with Crippen LogP contribution < -0.4 is 10.2 Å². The highest BCUT2D eigenvalue weighted by molar-refractivity contribution is 5.92. The van der Waals surface area contributed by atoms with E-state index in [9.17, 15) is 18.0 Å². The Morgan fingerprint density at radius 1 is 0.949 bits per heavy atom. The molecule has 1 aliphatic rings. The van der Waals surface area contributed by atoms with Crippen LogP contribution in [0, 0.1) is 0 Å². The maximum atomic E-state index is 13.1. The Hall–Kier alpha value is -4.11. The first-order valence-electron chi connectivity index (χ1n) is 12.9. The van der Waals surface area contributed by atoms with Gasteiger partial charge in [-0.3, -0.25) is 9.80 Å². The van der Waals surface area contributed by atoms with Crippen LogP contribution in [0.15, 0.2) is 84.9 Å². The number of halogens is 3. The molecule has 0 unspecified atom stereocenters. The summed E-state index contributed by atoms with van der Waals surface area (Å²) in [6.07, 6.45) is -2.77. The lowest BCUT2D eigenvalue weighted by molar-refractivity contribution is -0.137. The average molecular weight is 534 g/mol. The summed E-state index contributed by atoms with van der Waals surface area (Å²) in [4.78, 5) is 25.1. The first-order valence-corrected chi connectivity index (χ1v) is 12.9. The van der Waals surface area contributed by atoms with Gasteiger partial charge < -0.3 is 10.3 Å². The lowest BCUT2D eigenvalue weighted by atomic mass is 10.0. The number of nitrogens with zero attached hydrogens (tertiary/aromatic N) is 3. The van der Waals surface area contributed by atoms with Gasteiger partial charge >= 0.3 is 12.2 Å². The van der Waals surface area contributed by atoms with Gasteiger partial charge in [-0.2, -0.15) is 13.2 Å². The molecule has 2 amide bonds. The summed E-state index contributed by atoms with van der Waals surface area (Å²) in [6, 6.07) is 24.4. The first kappa shape index (κ1) is 26.5. The molecule has 4 aromatic rings. The van der Waals surface area contributed by atoms with Crippen LogP contribution >= 0.6 is 0 Å². The zero-order chi connectivity index (χ0) is 27.4. The van der Waals surface area contributed by atoms with E-state index in [4.69, 9.17) is 4.98 Å². The number of likely N-dealkylation sites (tertiary alicyclic amines) is 1. The number of carbonyl (C=O) groups is 1. The molecule has 0 atom stereocenters. The molecule has 2 N–H and O–H groups in total. The van der Waals surface area contributed by atoms with Crippen LogP contribution in [0.3, 0.4) is 0 Å². The van der Waals surface area contributed by atoms with Gasteiger partial charge in [-0.1, -0.05) is 60.7 Å². The van der Waals surface area contributed by atoms with Crippen LogP contribution in [-0.2, 0) is 12.7 Å². The fraction of sp³-hybridized carbons (Fsp3) is 0.267. The van der Waals surface area contributed by atoms with Crippen LogP contribution in [0.2, 0.25) is 0 Å². The van der Waals surface area contributed by atoms with Gasteiger partial charge in [-0.25, -0.2) is 9.78 Å². The molecular weight excluding hydrogens is 503 g/mol. The third-order valence-electron chi connectivity index (χ3n) is 7.08. The maximum Gasteiger partial charge on any atom is 0.416 e. The van der Waals surface area contributed by atoms with E-state index >= 15 is 0 Å². The number of carbonyl (C=O) groups excluding carboxylic acids is 1. The second kappa shape index (κ2) is 11.3. The Morgan fingerprint density at radius 3 is 2.15 bits per heavy atom. The van der Waals surface area contributed by atoms with Gasteiger partial charge in [0, 0.05) is 49.5 Å². The Morgan fingerprint density at radius 2 is 1.56 bits per heavy atom. The number of nitrogens with one attached hydrogen (secondary N) is 2. The van der Waals surface area contributed by atoms with Gasteiger partial charge in [-0.05, 0) is 37.1 Å². The molecule has 0 spiro atoms. The number of aromatic nitrogens is 2. The second-order valence-corrected chi connectivity index (χ2v) is 9.62. The van der Waals surface area contributed by atoms with E-state index in [2.05, 4.69) is 15.2 Å². The number of imidazole rings is 1. The fourth-order valence-electron chi connectivity index (χ4n) is 5.07. The number of anilines is 1. The van der Waals surface area contributed by atoms with Crippen molar-refractivity contribution in [3.63, 3.8) is 0 Å². The Labute approximate surface area is 225 Å². The number of urea groups is 1. The van der Waals surface area contributed by atoms with Gasteiger partial charge in [-0.15, -0.1) is 0 Å². The molecule has 0 bridgehead atoms. The summed E-state index contributed by atoms with van der Waals surface area (Å²) in [5, 5.41) is 2.77. The van der Waals surface area contributed by atoms with Gasteiger partial charge in [0.15, 0.2) is 0 Å². The summed E-state index contributed by atoms with van der Waals surface area (Å²) >= 11 is 0. The normalized spacial score (nSPS) is 14.8. The number of piperidine rings is 1. The van der Waals surface area contributed by atoms with E-state index < -0.39 is 11.7 Å². The number of amides is 2. The van der Waals surface area contributed by atoms with E-state index in [1.165, 1.54) is 12.1 Å². The van der Waals surface area contributed by atoms with Crippen LogP contribution in [0.25, 0.3) is 22.6 Å². The molecule has 5 rings (SSSR count). The molecule has 202 valence electrons. The van der Waals surface area contributed by atoms with Gasteiger partial charge in [0.25, 0.3) is 0 Å². The molecule has 1 saturated heterocycles. The molecule has 0 radical (unpaired) electrons. The minimum Gasteiger partial charge on any atom is -0.341 e. The quantitative estimate of drug-likeness (QED) is 0.295. The van der Waals surface area contributed by atoms with Crippen molar-refractivity contribution in [3.05, 3.63) is 96.2 Å². The molecule has 1 fully saturated rings. The number of para-hydroxylation sites is 1. The van der Waals surface area contributed by atoms with E-state index in [0.29, 0.717) is 17.9 Å². The highest BCUT2D eigenvalue weighted by Gasteiger charge is 2.31. The number of hydrogen-bond donors (Lipinski definition) is 2. The smallest absolute Gasteiger partial charge is 0.341 e. The molecule has 39 heavy (non-hydrogen) atoms. The van der Waals surface area contributed by atoms with Crippen molar-refractivity contribution < 1.29 is 18.0 Å². The summed E-state index contributed by atoms with van der Waals surface area (Å²) in [5.41, 5.74) is 3.40. The molecule has 9 heteroatoms. The van der Waals surface area contributed by atoms with Gasteiger partial charge in [0.05, 0.1) is 17.0 Å². The Bertz CT molecular complexity index is 1380. The SMILES string of the molecule is CNC(=O)N(c1ccccc1)C1CCN(Cc2[nH]c(-c3ccc(C(F)(F)F)cc3)nc2-c2ccccc2)CC1. The molecule has 2 heterocycles. The second-order valence-electron chi connectivity index (χ2n) is 9.62. The summed E-state index contributed by atoms with van der Waals surface area (Å²) in [6.45, 7) is 2.18. The van der Waals surface area contributed by atoms with E-state index in [0.717, 1.165) is 60.7 Å². The summed E-state index contributed by atoms with van der Waals surface area (Å²) in [5.74, 6) is 0.530. The fourth-order valence-corrected chi connectivity index (χ4v) is 5.07. The van der Waals surface area contributed by atoms with Gasteiger partial charge in [0.2, 0.25) is 0 Å². The highest BCUT2D eigenvalue weighted by Crippen LogP contribution is 2.32. The van der Waals surface area contributed by atoms with Crippen molar-refractivity contribution in [1.82, 2.24) is 20.2 Å². The largest absolute Gasteiger partial charge is 0.416 e. The number of benzene rings is 3. The van der Waals surface area contributed by atoms with E-state index in [1.807, 2.05) is 65.6 Å².